The number of benzene rings is 1. The van der Waals surface area contributed by atoms with Crippen LogP contribution in [0.4, 0.5) is 10.5 Å². The van der Waals surface area contributed by atoms with Crippen LogP contribution in [0.3, 0.4) is 0 Å². The van der Waals surface area contributed by atoms with Crippen LogP contribution in [0, 0.1) is 0 Å². The van der Waals surface area contributed by atoms with Gasteiger partial charge in [-0.2, -0.15) is 0 Å². The third-order valence-electron chi connectivity index (χ3n) is 3.10. The van der Waals surface area contributed by atoms with E-state index in [1.54, 1.807) is 12.1 Å². The molecule has 1 atom stereocenters. The molecular weight excluding hydrogens is 260 g/mol. The molecule has 0 saturated carbocycles. The van der Waals surface area contributed by atoms with E-state index >= 15 is 0 Å². The van der Waals surface area contributed by atoms with Gasteiger partial charge in [0, 0.05) is 13.0 Å². The molecule has 1 aromatic carbocycles. The molecule has 0 spiro atoms. The molecule has 20 heavy (non-hydrogen) atoms. The van der Waals surface area contributed by atoms with Gasteiger partial charge < -0.3 is 25.2 Å². The molecule has 1 aliphatic rings. The molecule has 0 radical (unpaired) electrons. The van der Waals surface area contributed by atoms with E-state index < -0.39 is 5.60 Å². The number of urea groups is 1. The van der Waals surface area contributed by atoms with Gasteiger partial charge in [-0.3, -0.25) is 0 Å². The first kappa shape index (κ1) is 14.6. The van der Waals surface area contributed by atoms with Crippen molar-refractivity contribution in [2.75, 3.05) is 31.7 Å². The molecule has 2 amide bonds. The van der Waals surface area contributed by atoms with Crippen molar-refractivity contribution in [3.63, 3.8) is 0 Å². The van der Waals surface area contributed by atoms with Crippen molar-refractivity contribution in [3.8, 4) is 5.75 Å². The molecule has 6 heteroatoms. The van der Waals surface area contributed by atoms with Crippen LogP contribution in [-0.4, -0.2) is 43.1 Å². The van der Waals surface area contributed by atoms with Gasteiger partial charge in [-0.25, -0.2) is 4.79 Å². The Morgan fingerprint density at radius 3 is 3.00 bits per heavy atom. The van der Waals surface area contributed by atoms with Gasteiger partial charge in [0.05, 0.1) is 25.4 Å². The van der Waals surface area contributed by atoms with Gasteiger partial charge in [0.2, 0.25) is 0 Å². The molecule has 110 valence electrons. The molecule has 6 nitrogen and oxygen atoms in total. The predicted molar refractivity (Wildman–Crippen MR) is 75.0 cm³/mol. The fourth-order valence-corrected chi connectivity index (χ4v) is 2.00. The van der Waals surface area contributed by atoms with Crippen LogP contribution < -0.4 is 15.4 Å². The highest BCUT2D eigenvalue weighted by Gasteiger charge is 2.32. The second-order valence-electron chi connectivity index (χ2n) is 4.76. The van der Waals surface area contributed by atoms with Gasteiger partial charge in [0.25, 0.3) is 0 Å². The monoisotopic (exact) mass is 280 g/mol. The quantitative estimate of drug-likeness (QED) is 0.761. The number of nitrogens with one attached hydrogen (secondary N) is 2. The summed E-state index contributed by atoms with van der Waals surface area (Å²) in [5, 5.41) is 15.4. The van der Waals surface area contributed by atoms with Gasteiger partial charge in [0.15, 0.2) is 0 Å². The topological polar surface area (TPSA) is 79.8 Å². The molecule has 3 N–H and O–H groups in total. The van der Waals surface area contributed by atoms with Crippen molar-refractivity contribution in [1.82, 2.24) is 5.32 Å². The average Bonchev–Trinajstić information content (AvgIpc) is 2.87. The van der Waals surface area contributed by atoms with Gasteiger partial charge in [0.1, 0.15) is 11.4 Å². The third kappa shape index (κ3) is 3.85. The van der Waals surface area contributed by atoms with E-state index in [1.807, 2.05) is 19.1 Å². The standard InChI is InChI=1S/C14H20N2O4/c1-2-20-12-6-4-3-5-11(12)16-13(17)15-9-14(18)7-8-19-10-14/h3-6,18H,2,7-10H2,1H3,(H2,15,16,17). The summed E-state index contributed by atoms with van der Waals surface area (Å²) in [5.74, 6) is 0.619. The van der Waals surface area contributed by atoms with E-state index in [9.17, 15) is 9.90 Å². The molecule has 1 aromatic rings. The predicted octanol–water partition coefficient (Wildman–Crippen LogP) is 1.36. The fraction of sp³-hybridized carbons (Fsp3) is 0.500. The molecule has 1 aliphatic heterocycles. The van der Waals surface area contributed by atoms with Crippen molar-refractivity contribution in [2.24, 2.45) is 0 Å². The molecule has 1 fully saturated rings. The first-order chi connectivity index (χ1) is 9.63. The normalized spacial score (nSPS) is 21.5. The number of amides is 2. The maximum Gasteiger partial charge on any atom is 0.319 e. The molecule has 2 rings (SSSR count). The SMILES string of the molecule is CCOc1ccccc1NC(=O)NCC1(O)CCOC1. The van der Waals surface area contributed by atoms with Gasteiger partial charge >= 0.3 is 6.03 Å². The van der Waals surface area contributed by atoms with E-state index in [-0.39, 0.29) is 19.2 Å². The zero-order valence-electron chi connectivity index (χ0n) is 11.5. The number of carbonyl (C=O) groups is 1. The Labute approximate surface area is 118 Å². The van der Waals surface area contributed by atoms with Crippen LogP contribution in [0.1, 0.15) is 13.3 Å². The van der Waals surface area contributed by atoms with Crippen LogP contribution in [0.5, 0.6) is 5.75 Å². The number of rotatable bonds is 5. The van der Waals surface area contributed by atoms with Gasteiger partial charge in [-0.05, 0) is 19.1 Å². The summed E-state index contributed by atoms with van der Waals surface area (Å²) in [5.41, 5.74) is -0.363. The van der Waals surface area contributed by atoms with Crippen LogP contribution in [-0.2, 0) is 4.74 Å². The van der Waals surface area contributed by atoms with Crippen molar-refractivity contribution < 1.29 is 19.4 Å². The lowest BCUT2D eigenvalue weighted by molar-refractivity contribution is 0.0295. The molecule has 1 unspecified atom stereocenters. The number of hydrogen-bond acceptors (Lipinski definition) is 4. The largest absolute Gasteiger partial charge is 0.492 e. The number of para-hydroxylation sites is 2. The summed E-state index contributed by atoms with van der Waals surface area (Å²) in [6.45, 7) is 3.34. The van der Waals surface area contributed by atoms with Crippen LogP contribution in [0.15, 0.2) is 24.3 Å². The third-order valence-corrected chi connectivity index (χ3v) is 3.10. The highest BCUT2D eigenvalue weighted by molar-refractivity contribution is 5.90. The number of aliphatic hydroxyl groups is 1. The average molecular weight is 280 g/mol. The zero-order valence-corrected chi connectivity index (χ0v) is 11.5. The Kier molecular flexibility index (Phi) is 4.81. The first-order valence-electron chi connectivity index (χ1n) is 6.70. The molecule has 0 aliphatic carbocycles. The summed E-state index contributed by atoms with van der Waals surface area (Å²) in [6, 6.07) is 6.83. The highest BCUT2D eigenvalue weighted by Crippen LogP contribution is 2.23. The van der Waals surface area contributed by atoms with Crippen LogP contribution in [0.25, 0.3) is 0 Å². The Morgan fingerprint density at radius 2 is 2.30 bits per heavy atom. The van der Waals surface area contributed by atoms with Gasteiger partial charge in [-0.15, -0.1) is 0 Å². The molecule has 0 bridgehead atoms. The lowest BCUT2D eigenvalue weighted by Gasteiger charge is -2.21. The lowest BCUT2D eigenvalue weighted by atomic mass is 10.0. The number of carbonyl (C=O) groups excluding carboxylic acids is 1. The fourth-order valence-electron chi connectivity index (χ4n) is 2.00. The van der Waals surface area contributed by atoms with Crippen molar-refractivity contribution in [2.45, 2.75) is 18.9 Å². The van der Waals surface area contributed by atoms with E-state index in [0.717, 1.165) is 0 Å². The van der Waals surface area contributed by atoms with E-state index in [2.05, 4.69) is 10.6 Å². The lowest BCUT2D eigenvalue weighted by Crippen LogP contribution is -2.44. The summed E-state index contributed by atoms with van der Waals surface area (Å²) in [6.07, 6.45) is 0.531. The summed E-state index contributed by atoms with van der Waals surface area (Å²) >= 11 is 0. The van der Waals surface area contributed by atoms with E-state index in [4.69, 9.17) is 9.47 Å². The Bertz CT molecular complexity index is 458. The van der Waals surface area contributed by atoms with Crippen molar-refractivity contribution in [3.05, 3.63) is 24.3 Å². The second-order valence-corrected chi connectivity index (χ2v) is 4.76. The molecular formula is C14H20N2O4. The van der Waals surface area contributed by atoms with Gasteiger partial charge in [-0.1, -0.05) is 12.1 Å². The maximum absolute atomic E-state index is 11.8. The Hall–Kier alpha value is -1.79. The minimum atomic E-state index is -0.962. The van der Waals surface area contributed by atoms with E-state index in [0.29, 0.717) is 31.1 Å². The molecule has 1 saturated heterocycles. The minimum Gasteiger partial charge on any atom is -0.492 e. The minimum absolute atomic E-state index is 0.162. The van der Waals surface area contributed by atoms with Crippen LogP contribution >= 0.6 is 0 Å². The molecule has 0 aromatic heterocycles. The summed E-state index contributed by atoms with van der Waals surface area (Å²) < 4.78 is 10.5. The maximum atomic E-state index is 11.8. The summed E-state index contributed by atoms with van der Waals surface area (Å²) in [4.78, 5) is 11.8. The summed E-state index contributed by atoms with van der Waals surface area (Å²) in [7, 11) is 0. The molecule has 1 heterocycles. The van der Waals surface area contributed by atoms with Crippen molar-refractivity contribution >= 4 is 11.7 Å². The second kappa shape index (κ2) is 6.58. The number of anilines is 1. The zero-order chi connectivity index (χ0) is 14.4. The van der Waals surface area contributed by atoms with E-state index in [1.165, 1.54) is 0 Å². The smallest absolute Gasteiger partial charge is 0.319 e. The highest BCUT2D eigenvalue weighted by atomic mass is 16.5. The van der Waals surface area contributed by atoms with Crippen molar-refractivity contribution in [1.29, 1.82) is 0 Å². The number of ether oxygens (including phenoxy) is 2. The first-order valence-corrected chi connectivity index (χ1v) is 6.70. The Balaban J connectivity index is 1.88. The van der Waals surface area contributed by atoms with Crippen LogP contribution in [0.2, 0.25) is 0 Å². The Morgan fingerprint density at radius 1 is 1.50 bits per heavy atom. The number of hydrogen-bond donors (Lipinski definition) is 3.